The number of amides is 1. The van der Waals surface area contributed by atoms with Gasteiger partial charge in [-0.3, -0.25) is 4.79 Å². The Bertz CT molecular complexity index is 1010. The smallest absolute Gasteiger partial charge is 0.341 e. The molecular formula is C18H14N6O3. The summed E-state index contributed by atoms with van der Waals surface area (Å²) >= 11 is 0. The third kappa shape index (κ3) is 3.96. The first-order valence-electron chi connectivity index (χ1n) is 7.93. The first-order valence-corrected chi connectivity index (χ1v) is 7.93. The highest BCUT2D eigenvalue weighted by molar-refractivity contribution is 5.99. The number of tetrazole rings is 1. The molecule has 2 aromatic carbocycles. The van der Waals surface area contributed by atoms with Gasteiger partial charge in [0, 0.05) is 0 Å². The SMILES string of the molecule is C[C@H](OC(=O)c1ccccc1-n1cnnn1)C(=O)Nc1ccccc1C#N. The molecule has 1 amide bonds. The van der Waals surface area contributed by atoms with Crippen molar-refractivity contribution in [1.29, 1.82) is 5.26 Å². The largest absolute Gasteiger partial charge is 0.449 e. The van der Waals surface area contributed by atoms with Gasteiger partial charge in [0.1, 0.15) is 12.4 Å². The molecule has 3 rings (SSSR count). The number of para-hydroxylation sites is 2. The summed E-state index contributed by atoms with van der Waals surface area (Å²) in [6, 6.07) is 15.1. The molecule has 1 aromatic heterocycles. The van der Waals surface area contributed by atoms with E-state index in [1.807, 2.05) is 6.07 Å². The lowest BCUT2D eigenvalue weighted by Crippen LogP contribution is -2.30. The lowest BCUT2D eigenvalue weighted by molar-refractivity contribution is -0.123. The summed E-state index contributed by atoms with van der Waals surface area (Å²) in [4.78, 5) is 24.8. The topological polar surface area (TPSA) is 123 Å². The second-order valence-electron chi connectivity index (χ2n) is 5.47. The van der Waals surface area contributed by atoms with Crippen molar-refractivity contribution in [3.8, 4) is 11.8 Å². The number of carbonyl (C=O) groups is 2. The van der Waals surface area contributed by atoms with Crippen LogP contribution in [0.2, 0.25) is 0 Å². The fraction of sp³-hybridized carbons (Fsp3) is 0.111. The van der Waals surface area contributed by atoms with E-state index in [9.17, 15) is 9.59 Å². The van der Waals surface area contributed by atoms with Gasteiger partial charge in [-0.05, 0) is 41.6 Å². The summed E-state index contributed by atoms with van der Waals surface area (Å²) in [5.41, 5.74) is 1.30. The molecule has 0 saturated heterocycles. The lowest BCUT2D eigenvalue weighted by atomic mass is 10.1. The van der Waals surface area contributed by atoms with Crippen molar-refractivity contribution in [3.63, 3.8) is 0 Å². The normalized spacial score (nSPS) is 11.3. The maximum Gasteiger partial charge on any atom is 0.341 e. The highest BCUT2D eigenvalue weighted by atomic mass is 16.5. The molecule has 27 heavy (non-hydrogen) atoms. The van der Waals surface area contributed by atoms with Crippen LogP contribution in [0.15, 0.2) is 54.9 Å². The molecule has 0 spiro atoms. The maximum atomic E-state index is 12.5. The lowest BCUT2D eigenvalue weighted by Gasteiger charge is -2.15. The second-order valence-corrected chi connectivity index (χ2v) is 5.47. The molecule has 0 saturated carbocycles. The summed E-state index contributed by atoms with van der Waals surface area (Å²) in [6.07, 6.45) is 0.271. The number of carbonyl (C=O) groups excluding carboxylic acids is 2. The number of hydrogen-bond acceptors (Lipinski definition) is 7. The third-order valence-electron chi connectivity index (χ3n) is 3.68. The number of nitriles is 1. The van der Waals surface area contributed by atoms with Gasteiger partial charge in [0.25, 0.3) is 5.91 Å². The van der Waals surface area contributed by atoms with Crippen LogP contribution in [0.3, 0.4) is 0 Å². The van der Waals surface area contributed by atoms with Gasteiger partial charge in [-0.2, -0.15) is 9.94 Å². The van der Waals surface area contributed by atoms with Crippen molar-refractivity contribution in [3.05, 3.63) is 66.0 Å². The number of esters is 1. The molecule has 9 heteroatoms. The average molecular weight is 362 g/mol. The molecule has 1 heterocycles. The third-order valence-corrected chi connectivity index (χ3v) is 3.68. The molecule has 0 fully saturated rings. The van der Waals surface area contributed by atoms with Gasteiger partial charge in [0.05, 0.1) is 22.5 Å². The van der Waals surface area contributed by atoms with Crippen LogP contribution in [-0.2, 0) is 9.53 Å². The molecule has 0 aliphatic heterocycles. The van der Waals surface area contributed by atoms with E-state index in [0.29, 0.717) is 16.9 Å². The number of benzene rings is 2. The van der Waals surface area contributed by atoms with Gasteiger partial charge in [-0.25, -0.2) is 4.79 Å². The zero-order chi connectivity index (χ0) is 19.2. The predicted molar refractivity (Wildman–Crippen MR) is 93.8 cm³/mol. The Morgan fingerprint density at radius 2 is 1.93 bits per heavy atom. The summed E-state index contributed by atoms with van der Waals surface area (Å²) < 4.78 is 6.59. The summed E-state index contributed by atoms with van der Waals surface area (Å²) in [5, 5.41) is 22.5. The van der Waals surface area contributed by atoms with Crippen molar-refractivity contribution in [2.45, 2.75) is 13.0 Å². The van der Waals surface area contributed by atoms with E-state index >= 15 is 0 Å². The Kier molecular flexibility index (Phi) is 5.18. The minimum atomic E-state index is -1.08. The molecular weight excluding hydrogens is 348 g/mol. The van der Waals surface area contributed by atoms with E-state index in [0.717, 1.165) is 0 Å². The van der Waals surface area contributed by atoms with Crippen LogP contribution in [0.5, 0.6) is 0 Å². The van der Waals surface area contributed by atoms with E-state index in [-0.39, 0.29) is 5.56 Å². The van der Waals surface area contributed by atoms with Gasteiger partial charge >= 0.3 is 5.97 Å². The van der Waals surface area contributed by atoms with Gasteiger partial charge in [-0.1, -0.05) is 24.3 Å². The van der Waals surface area contributed by atoms with E-state index in [1.165, 1.54) is 17.9 Å². The summed E-state index contributed by atoms with van der Waals surface area (Å²) in [5.74, 6) is -1.25. The minimum Gasteiger partial charge on any atom is -0.449 e. The fourth-order valence-electron chi connectivity index (χ4n) is 2.32. The van der Waals surface area contributed by atoms with Gasteiger partial charge in [0.2, 0.25) is 0 Å². The van der Waals surface area contributed by atoms with Crippen LogP contribution in [0.25, 0.3) is 5.69 Å². The molecule has 0 unspecified atom stereocenters. The number of hydrogen-bond donors (Lipinski definition) is 1. The molecule has 1 N–H and O–H groups in total. The standard InChI is InChI=1S/C18H14N6O3/c1-12(17(25)21-15-8-4-2-6-13(15)10-19)27-18(26)14-7-3-5-9-16(14)24-11-20-22-23-24/h2-9,11-12H,1H3,(H,21,25)/t12-/m0/s1. The zero-order valence-corrected chi connectivity index (χ0v) is 14.2. The molecule has 9 nitrogen and oxygen atoms in total. The first kappa shape index (κ1) is 17.8. The number of anilines is 1. The Morgan fingerprint density at radius 1 is 1.19 bits per heavy atom. The van der Waals surface area contributed by atoms with Crippen LogP contribution < -0.4 is 5.32 Å². The first-order chi connectivity index (χ1) is 13.1. The number of ether oxygens (including phenoxy) is 1. The van der Waals surface area contributed by atoms with Crippen molar-refractivity contribution >= 4 is 17.6 Å². The molecule has 0 aliphatic rings. The molecule has 0 aliphatic carbocycles. The highest BCUT2D eigenvalue weighted by Gasteiger charge is 2.22. The van der Waals surface area contributed by atoms with Crippen molar-refractivity contribution in [2.75, 3.05) is 5.32 Å². The van der Waals surface area contributed by atoms with Crippen molar-refractivity contribution in [2.24, 2.45) is 0 Å². The fourth-order valence-corrected chi connectivity index (χ4v) is 2.32. The average Bonchev–Trinajstić information content (AvgIpc) is 3.23. The monoisotopic (exact) mass is 362 g/mol. The number of nitrogens with zero attached hydrogens (tertiary/aromatic N) is 5. The molecule has 0 bridgehead atoms. The highest BCUT2D eigenvalue weighted by Crippen LogP contribution is 2.17. The molecule has 134 valence electrons. The number of rotatable bonds is 5. The Balaban J connectivity index is 1.73. The Morgan fingerprint density at radius 3 is 2.67 bits per heavy atom. The van der Waals surface area contributed by atoms with Gasteiger partial charge < -0.3 is 10.1 Å². The number of nitrogens with one attached hydrogen (secondary N) is 1. The Hall–Kier alpha value is -4.06. The minimum absolute atomic E-state index is 0.210. The summed E-state index contributed by atoms with van der Waals surface area (Å²) in [7, 11) is 0. The molecule has 1 atom stereocenters. The van der Waals surface area contributed by atoms with Crippen LogP contribution in [0.4, 0.5) is 5.69 Å². The van der Waals surface area contributed by atoms with E-state index < -0.39 is 18.0 Å². The maximum absolute atomic E-state index is 12.5. The summed E-state index contributed by atoms with van der Waals surface area (Å²) in [6.45, 7) is 1.45. The van der Waals surface area contributed by atoms with E-state index in [4.69, 9.17) is 10.00 Å². The second kappa shape index (κ2) is 7.88. The number of aromatic nitrogens is 4. The van der Waals surface area contributed by atoms with Gasteiger partial charge in [-0.15, -0.1) is 5.10 Å². The zero-order valence-electron chi connectivity index (χ0n) is 14.2. The van der Waals surface area contributed by atoms with Gasteiger partial charge in [0.15, 0.2) is 6.10 Å². The van der Waals surface area contributed by atoms with Crippen LogP contribution in [0.1, 0.15) is 22.8 Å². The van der Waals surface area contributed by atoms with Crippen LogP contribution >= 0.6 is 0 Å². The quantitative estimate of drug-likeness (QED) is 0.685. The van der Waals surface area contributed by atoms with E-state index in [2.05, 4.69) is 20.8 Å². The predicted octanol–water partition coefficient (Wildman–Crippen LogP) is 1.72. The van der Waals surface area contributed by atoms with Crippen LogP contribution in [-0.4, -0.2) is 38.2 Å². The Labute approximate surface area is 154 Å². The van der Waals surface area contributed by atoms with Crippen molar-refractivity contribution < 1.29 is 14.3 Å². The molecule has 0 radical (unpaired) electrons. The molecule has 3 aromatic rings. The van der Waals surface area contributed by atoms with E-state index in [1.54, 1.807) is 48.5 Å². The van der Waals surface area contributed by atoms with Crippen molar-refractivity contribution in [1.82, 2.24) is 20.2 Å². The van der Waals surface area contributed by atoms with Crippen LogP contribution in [0, 0.1) is 11.3 Å².